The predicted molar refractivity (Wildman–Crippen MR) is 235 cm³/mol. The number of aliphatic hydroxyl groups is 1. The fourth-order valence-corrected chi connectivity index (χ4v) is 9.35. The summed E-state index contributed by atoms with van der Waals surface area (Å²) in [6.45, 7) is 12.7. The molecule has 8 atom stereocenters. The molecule has 3 heterocycles. The van der Waals surface area contributed by atoms with Crippen molar-refractivity contribution in [1.29, 1.82) is 0 Å². The quantitative estimate of drug-likeness (QED) is 0.0748. The minimum atomic E-state index is -1.85. The summed E-state index contributed by atoms with van der Waals surface area (Å²) in [4.78, 5) is 68.8. The number of hydrogen-bond acceptors (Lipinski definition) is 14. The van der Waals surface area contributed by atoms with E-state index in [9.17, 15) is 29.1 Å². The molecule has 4 rings (SSSR count). The molecule has 1 aromatic carbocycles. The molecule has 340 valence electrons. The van der Waals surface area contributed by atoms with Crippen molar-refractivity contribution >= 4 is 68.8 Å². The molecule has 2 saturated heterocycles. The van der Waals surface area contributed by atoms with E-state index in [0.717, 1.165) is 11.1 Å². The molecule has 0 saturated carbocycles. The number of carbonyl (C=O) groups excluding carboxylic acids is 5. The van der Waals surface area contributed by atoms with Gasteiger partial charge in [-0.1, -0.05) is 63.9 Å². The van der Waals surface area contributed by atoms with E-state index in [0.29, 0.717) is 35.9 Å². The number of allylic oxidation sites excluding steroid dienone is 3. The van der Waals surface area contributed by atoms with Gasteiger partial charge in [0.15, 0.2) is 5.72 Å². The first-order valence-electron chi connectivity index (χ1n) is 20.1. The van der Waals surface area contributed by atoms with Crippen LogP contribution in [0.25, 0.3) is 0 Å². The van der Waals surface area contributed by atoms with Gasteiger partial charge in [-0.2, -0.15) is 0 Å². The first-order chi connectivity index (χ1) is 28.5. The fraction of sp³-hybridized carbons (Fsp3) is 0.643. The van der Waals surface area contributed by atoms with E-state index < -0.39 is 77.4 Å². The number of nitrogens with one attached hydrogen (secondary N) is 2. The minimum absolute atomic E-state index is 0.0681. The highest BCUT2D eigenvalue weighted by Gasteiger charge is 2.64. The summed E-state index contributed by atoms with van der Waals surface area (Å²) in [6.07, 6.45) is 0.389. The number of ether oxygens (including phenoxy) is 6. The summed E-state index contributed by atoms with van der Waals surface area (Å²) >= 11 is 6.79. The maximum Gasteiger partial charge on any atom is 0.409 e. The van der Waals surface area contributed by atoms with Crippen LogP contribution in [0.1, 0.15) is 73.3 Å². The Bertz CT molecular complexity index is 1840. The van der Waals surface area contributed by atoms with Gasteiger partial charge in [-0.25, -0.2) is 14.4 Å². The Kier molecular flexibility index (Phi) is 17.3. The van der Waals surface area contributed by atoms with Crippen molar-refractivity contribution in [1.82, 2.24) is 15.5 Å². The van der Waals surface area contributed by atoms with E-state index in [1.165, 1.54) is 52.7 Å². The molecule has 4 bridgehead atoms. The maximum absolute atomic E-state index is 14.2. The van der Waals surface area contributed by atoms with Crippen molar-refractivity contribution in [3.8, 4) is 5.75 Å². The van der Waals surface area contributed by atoms with Crippen LogP contribution in [0.5, 0.6) is 5.75 Å². The van der Waals surface area contributed by atoms with Crippen LogP contribution in [-0.2, 0) is 44.5 Å². The lowest BCUT2D eigenvalue weighted by Gasteiger charge is -2.42. The van der Waals surface area contributed by atoms with Crippen LogP contribution in [0.3, 0.4) is 0 Å². The van der Waals surface area contributed by atoms with Crippen LogP contribution in [0.2, 0.25) is 5.02 Å². The van der Waals surface area contributed by atoms with Crippen molar-refractivity contribution in [2.24, 2.45) is 5.92 Å². The van der Waals surface area contributed by atoms with E-state index in [1.807, 2.05) is 13.0 Å². The molecule has 2 fully saturated rings. The van der Waals surface area contributed by atoms with Crippen LogP contribution in [-0.4, -0.2) is 134 Å². The number of hydrogen-bond donors (Lipinski definition) is 3. The van der Waals surface area contributed by atoms with Gasteiger partial charge in [-0.3, -0.25) is 14.9 Å². The van der Waals surface area contributed by atoms with E-state index in [1.54, 1.807) is 72.9 Å². The lowest BCUT2D eigenvalue weighted by atomic mass is 9.83. The summed E-state index contributed by atoms with van der Waals surface area (Å²) in [7, 11) is 8.94. The SMILES string of the molecule is COc1cc2cc(c1Cl)N(C)C(=O)C[C@H](OC(=O)[C@H](C)N(C)C(=O)CCSSCCNC(=O)OC(C)(C)C)C1(C)O[C@H]1[C@H](C)[C@@H]1C[C@@](O)(NC(=O)O1)[C@H](OC)/C=C\C=C(\C)C2. The Labute approximate surface area is 371 Å². The highest BCUT2D eigenvalue weighted by Crippen LogP contribution is 2.49. The highest BCUT2D eigenvalue weighted by atomic mass is 35.5. The monoisotopic (exact) mass is 912 g/mol. The molecule has 0 aromatic heterocycles. The number of carbonyl (C=O) groups is 5. The van der Waals surface area contributed by atoms with Crippen LogP contribution >= 0.6 is 33.2 Å². The van der Waals surface area contributed by atoms with Crippen molar-refractivity contribution in [2.75, 3.05) is 51.3 Å². The van der Waals surface area contributed by atoms with Gasteiger partial charge >= 0.3 is 18.2 Å². The Balaban J connectivity index is 1.55. The average molecular weight is 914 g/mol. The van der Waals surface area contributed by atoms with Gasteiger partial charge in [-0.15, -0.1) is 0 Å². The number of methoxy groups -OCH3 is 2. The minimum Gasteiger partial charge on any atom is -0.495 e. The lowest BCUT2D eigenvalue weighted by molar-refractivity contribution is -0.162. The second-order valence-electron chi connectivity index (χ2n) is 16.7. The predicted octanol–water partition coefficient (Wildman–Crippen LogP) is 5.81. The number of amides is 4. The van der Waals surface area contributed by atoms with Crippen LogP contribution in [0.15, 0.2) is 35.9 Å². The number of alkyl carbamates (subject to hydrolysis) is 2. The number of epoxide rings is 1. The Morgan fingerprint density at radius 3 is 2.52 bits per heavy atom. The number of anilines is 1. The molecule has 3 N–H and O–H groups in total. The van der Waals surface area contributed by atoms with Gasteiger partial charge in [0.05, 0.1) is 25.3 Å². The van der Waals surface area contributed by atoms with Crippen LogP contribution in [0, 0.1) is 5.92 Å². The van der Waals surface area contributed by atoms with Gasteiger partial charge in [0.25, 0.3) is 0 Å². The zero-order chi connectivity index (χ0) is 45.4. The van der Waals surface area contributed by atoms with Gasteiger partial charge < -0.3 is 48.6 Å². The first kappa shape index (κ1) is 50.0. The Hall–Kier alpha value is -3.68. The van der Waals surface area contributed by atoms with Crippen molar-refractivity contribution in [3.05, 3.63) is 46.5 Å². The zero-order valence-corrected chi connectivity index (χ0v) is 39.2. The number of fused-ring (bicyclic) bond motifs is 5. The standard InChI is InChI=1S/C42H61ClN4O12S2/c1-24-13-12-14-31(55-11)42(53)23-30(56-39(52)45-42)25(2)36-41(7,58-36)32(22-34(49)47(9)28-20-27(19-24)21-29(54-10)35(28)43)57-37(50)26(3)46(8)33(48)15-17-60-61-18-16-44-38(51)59-40(4,5)6/h12-14,20-21,25-26,30-32,36,53H,15-19,22-23H2,1-11H3,(H,44,51)(H,45,52)/b14-12-,24-13-/t25-,26+,30+,31-,32+,36+,41?,42+/m1/s1. The molecule has 0 aliphatic carbocycles. The molecular weight excluding hydrogens is 852 g/mol. The molecule has 61 heavy (non-hydrogen) atoms. The third-order valence-electron chi connectivity index (χ3n) is 10.9. The van der Waals surface area contributed by atoms with E-state index in [4.69, 9.17) is 40.0 Å². The molecule has 1 unspecified atom stereocenters. The van der Waals surface area contributed by atoms with Crippen molar-refractivity contribution in [3.63, 3.8) is 0 Å². The Morgan fingerprint density at radius 2 is 1.87 bits per heavy atom. The molecule has 0 radical (unpaired) electrons. The smallest absolute Gasteiger partial charge is 0.409 e. The third-order valence-corrected chi connectivity index (χ3v) is 13.6. The number of nitrogens with zero attached hydrogens (tertiary/aromatic N) is 2. The molecule has 4 amide bonds. The number of likely N-dealkylation sites (N-methyl/N-ethyl adjacent to an activating group) is 1. The summed E-state index contributed by atoms with van der Waals surface area (Å²) in [5.41, 5.74) is -1.60. The number of rotatable bonds is 12. The number of esters is 1. The van der Waals surface area contributed by atoms with Gasteiger partial charge in [-0.05, 0) is 65.7 Å². The fourth-order valence-electron chi connectivity index (χ4n) is 7.15. The summed E-state index contributed by atoms with van der Waals surface area (Å²) in [6, 6.07) is 2.54. The largest absolute Gasteiger partial charge is 0.495 e. The van der Waals surface area contributed by atoms with Crippen molar-refractivity contribution in [2.45, 2.75) is 122 Å². The van der Waals surface area contributed by atoms with Gasteiger partial charge in [0, 0.05) is 58.0 Å². The summed E-state index contributed by atoms with van der Waals surface area (Å²) < 4.78 is 34.6. The van der Waals surface area contributed by atoms with Crippen LogP contribution in [0.4, 0.5) is 15.3 Å². The van der Waals surface area contributed by atoms with E-state index in [-0.39, 0.29) is 30.2 Å². The molecule has 16 nitrogen and oxygen atoms in total. The van der Waals surface area contributed by atoms with E-state index in [2.05, 4.69) is 10.6 Å². The third kappa shape index (κ3) is 13.2. The summed E-state index contributed by atoms with van der Waals surface area (Å²) in [5, 5.41) is 17.2. The topological polar surface area (TPSA) is 195 Å². The Morgan fingerprint density at radius 1 is 1.18 bits per heavy atom. The second kappa shape index (κ2) is 21.1. The first-order valence-corrected chi connectivity index (χ1v) is 23.0. The van der Waals surface area contributed by atoms with E-state index >= 15 is 0 Å². The molecule has 19 heteroatoms. The molecule has 3 aliphatic heterocycles. The average Bonchev–Trinajstić information content (AvgIpc) is 3.88. The molecule has 3 aliphatic rings. The van der Waals surface area contributed by atoms with Crippen LogP contribution < -0.4 is 20.3 Å². The van der Waals surface area contributed by atoms with Gasteiger partial charge in [0.2, 0.25) is 11.8 Å². The van der Waals surface area contributed by atoms with Gasteiger partial charge in [0.1, 0.15) is 46.3 Å². The normalized spacial score (nSPS) is 28.8. The molecule has 1 aromatic rings. The summed E-state index contributed by atoms with van der Waals surface area (Å²) in [5.74, 6) is -0.638. The second-order valence-corrected chi connectivity index (χ2v) is 19.8. The highest BCUT2D eigenvalue weighted by molar-refractivity contribution is 8.76. The molecule has 0 spiro atoms. The maximum atomic E-state index is 14.2. The molecular formula is C42H61ClN4O12S2. The lowest BCUT2D eigenvalue weighted by Crippen LogP contribution is -2.63. The zero-order valence-electron chi connectivity index (χ0n) is 36.8. The van der Waals surface area contributed by atoms with Crippen molar-refractivity contribution < 1.29 is 57.5 Å². The number of benzene rings is 1. The number of halogens is 1.